The molecule has 0 aromatic carbocycles. The second kappa shape index (κ2) is 7.28. The second-order valence-corrected chi connectivity index (χ2v) is 9.57. The van der Waals surface area contributed by atoms with Gasteiger partial charge in [-0.05, 0) is 31.6 Å². The molecule has 1 heterocycles. The average Bonchev–Trinajstić information content (AvgIpc) is 3.20. The number of aromatic nitrogens is 2. The van der Waals surface area contributed by atoms with Gasteiger partial charge >= 0.3 is 5.97 Å². The summed E-state index contributed by atoms with van der Waals surface area (Å²) in [4.78, 5) is 17.3. The average molecular weight is 385 g/mol. The van der Waals surface area contributed by atoms with Gasteiger partial charge in [0.05, 0.1) is 6.54 Å². The Balaban J connectivity index is 1.58. The van der Waals surface area contributed by atoms with E-state index >= 15 is 0 Å². The molecule has 0 radical (unpaired) electrons. The van der Waals surface area contributed by atoms with Crippen LogP contribution in [-0.4, -0.2) is 59.1 Å². The Hall–Kier alpha value is -1.45. The van der Waals surface area contributed by atoms with Crippen LogP contribution in [0.3, 0.4) is 0 Å². The van der Waals surface area contributed by atoms with Crippen LogP contribution >= 0.6 is 0 Å². The summed E-state index contributed by atoms with van der Waals surface area (Å²) in [6, 6.07) is -0.0284. The molecule has 9 heteroatoms. The molecule has 0 bridgehead atoms. The fourth-order valence-corrected chi connectivity index (χ4v) is 4.79. The van der Waals surface area contributed by atoms with E-state index in [-0.39, 0.29) is 29.6 Å². The number of carboxylic acid groups (broad SMARTS) is 1. The number of carboxylic acids is 1. The number of hydrogen-bond acceptors (Lipinski definition) is 5. The fraction of sp³-hybridized carbons (Fsp3) is 0.765. The number of aryl methyl sites for hydroxylation is 1. The van der Waals surface area contributed by atoms with Crippen molar-refractivity contribution in [3.63, 3.8) is 0 Å². The third-order valence-electron chi connectivity index (χ3n) is 5.16. The topological polar surface area (TPSA) is 105 Å². The lowest BCUT2D eigenvalue weighted by molar-refractivity contribution is -0.139. The van der Waals surface area contributed by atoms with Crippen LogP contribution in [0.25, 0.3) is 0 Å². The summed E-state index contributed by atoms with van der Waals surface area (Å²) in [5.74, 6) is 0.649. The summed E-state index contributed by atoms with van der Waals surface area (Å²) >= 11 is 0. The highest BCUT2D eigenvalue weighted by molar-refractivity contribution is 7.89. The Morgan fingerprint density at radius 3 is 2.58 bits per heavy atom. The molecule has 0 unspecified atom stereocenters. The summed E-state index contributed by atoms with van der Waals surface area (Å²) in [6.45, 7) is 4.77. The van der Waals surface area contributed by atoms with Crippen LogP contribution in [0.2, 0.25) is 0 Å². The maximum Gasteiger partial charge on any atom is 0.317 e. The Labute approximate surface area is 154 Å². The van der Waals surface area contributed by atoms with Crippen molar-refractivity contribution in [2.45, 2.75) is 62.6 Å². The number of rotatable bonds is 9. The quantitative estimate of drug-likeness (QED) is 0.662. The van der Waals surface area contributed by atoms with Gasteiger partial charge in [0.2, 0.25) is 0 Å². The van der Waals surface area contributed by atoms with Gasteiger partial charge in [-0.3, -0.25) is 9.69 Å². The largest absolute Gasteiger partial charge is 0.480 e. The maximum atomic E-state index is 12.6. The molecule has 2 saturated carbocycles. The summed E-state index contributed by atoms with van der Waals surface area (Å²) in [5.41, 5.74) is 0. The minimum atomic E-state index is -3.66. The monoisotopic (exact) mass is 384 g/mol. The van der Waals surface area contributed by atoms with Gasteiger partial charge in [-0.2, -0.15) is 0 Å². The molecule has 0 aliphatic heterocycles. The molecule has 146 valence electrons. The molecule has 0 saturated heterocycles. The number of aliphatic carboxylic acids is 1. The van der Waals surface area contributed by atoms with Crippen LogP contribution in [0.15, 0.2) is 11.2 Å². The van der Waals surface area contributed by atoms with Crippen molar-refractivity contribution < 1.29 is 18.3 Å². The van der Waals surface area contributed by atoms with Gasteiger partial charge in [0.25, 0.3) is 10.0 Å². The van der Waals surface area contributed by atoms with Gasteiger partial charge in [-0.1, -0.05) is 13.8 Å². The minimum Gasteiger partial charge on any atom is -0.480 e. The summed E-state index contributed by atoms with van der Waals surface area (Å²) in [6.07, 6.45) is 5.15. The van der Waals surface area contributed by atoms with Crippen molar-refractivity contribution in [1.82, 2.24) is 19.2 Å². The van der Waals surface area contributed by atoms with Gasteiger partial charge in [0, 0.05) is 37.8 Å². The molecular weight excluding hydrogens is 356 g/mol. The van der Waals surface area contributed by atoms with Gasteiger partial charge in [0.1, 0.15) is 5.82 Å². The van der Waals surface area contributed by atoms with Gasteiger partial charge in [-0.15, -0.1) is 0 Å². The van der Waals surface area contributed by atoms with Crippen LogP contribution in [0, 0.1) is 5.92 Å². The number of imidazole rings is 1. The first-order chi connectivity index (χ1) is 12.2. The molecule has 2 N–H and O–H groups in total. The molecule has 8 nitrogen and oxygen atoms in total. The number of sulfonamides is 1. The molecule has 26 heavy (non-hydrogen) atoms. The molecule has 2 aliphatic carbocycles. The van der Waals surface area contributed by atoms with E-state index in [1.807, 2.05) is 18.7 Å². The second-order valence-electron chi connectivity index (χ2n) is 7.91. The van der Waals surface area contributed by atoms with Gasteiger partial charge in [0.15, 0.2) is 5.03 Å². The van der Waals surface area contributed by atoms with E-state index in [2.05, 4.69) is 9.71 Å². The predicted molar refractivity (Wildman–Crippen MR) is 96.4 cm³/mol. The van der Waals surface area contributed by atoms with Crippen LogP contribution in [0.1, 0.15) is 51.3 Å². The van der Waals surface area contributed by atoms with E-state index in [0.29, 0.717) is 18.8 Å². The summed E-state index contributed by atoms with van der Waals surface area (Å²) in [7, 11) is -1.86. The molecule has 2 fully saturated rings. The Morgan fingerprint density at radius 1 is 1.42 bits per heavy atom. The Morgan fingerprint density at radius 2 is 2.08 bits per heavy atom. The van der Waals surface area contributed by atoms with Crippen molar-refractivity contribution in [2.24, 2.45) is 13.0 Å². The molecule has 1 aromatic rings. The highest BCUT2D eigenvalue weighted by Crippen LogP contribution is 2.34. The lowest BCUT2D eigenvalue weighted by atomic mass is 9.86. The Kier molecular flexibility index (Phi) is 5.41. The molecule has 2 aliphatic rings. The van der Waals surface area contributed by atoms with Crippen LogP contribution in [-0.2, 0) is 21.9 Å². The third kappa shape index (κ3) is 4.44. The summed E-state index contributed by atoms with van der Waals surface area (Å²) in [5, 5.41) is 9.14. The van der Waals surface area contributed by atoms with Crippen molar-refractivity contribution in [3.8, 4) is 0 Å². The number of carbonyl (C=O) groups is 1. The lowest BCUT2D eigenvalue weighted by Crippen LogP contribution is -2.55. The number of hydrogen-bond donors (Lipinski definition) is 2. The Bertz CT molecular complexity index is 764. The number of nitrogens with one attached hydrogen (secondary N) is 1. The van der Waals surface area contributed by atoms with Crippen LogP contribution in [0.5, 0.6) is 0 Å². The first kappa shape index (κ1) is 19.3. The first-order valence-corrected chi connectivity index (χ1v) is 10.7. The van der Waals surface area contributed by atoms with Gasteiger partial charge < -0.3 is 9.67 Å². The molecule has 0 amide bonds. The number of nitrogens with zero attached hydrogens (tertiary/aromatic N) is 3. The molecule has 0 atom stereocenters. The van der Waals surface area contributed by atoms with E-state index in [1.54, 1.807) is 11.6 Å². The van der Waals surface area contributed by atoms with Crippen LogP contribution < -0.4 is 4.72 Å². The minimum absolute atomic E-state index is 0.0264. The predicted octanol–water partition coefficient (Wildman–Crippen LogP) is 1.15. The smallest absolute Gasteiger partial charge is 0.317 e. The molecule has 3 rings (SSSR count). The van der Waals surface area contributed by atoms with E-state index in [0.717, 1.165) is 25.2 Å². The van der Waals surface area contributed by atoms with E-state index < -0.39 is 16.0 Å². The van der Waals surface area contributed by atoms with E-state index in [1.165, 1.54) is 6.20 Å². The zero-order chi connectivity index (χ0) is 19.1. The summed E-state index contributed by atoms with van der Waals surface area (Å²) < 4.78 is 29.6. The van der Waals surface area contributed by atoms with Crippen molar-refractivity contribution in [2.75, 3.05) is 13.1 Å². The first-order valence-electron chi connectivity index (χ1n) is 9.17. The van der Waals surface area contributed by atoms with Crippen molar-refractivity contribution in [1.29, 1.82) is 0 Å². The molecule has 1 aromatic heterocycles. The standard InChI is InChI=1S/C17H28N4O4S/c1-11(2)17-18-15(9-20(17)3)26(24,25)19-13-6-14(7-13)21(10-16(22)23)8-12-4-5-12/h9,11-14,19H,4-8,10H2,1-3H3,(H,22,23). The third-order valence-corrected chi connectivity index (χ3v) is 6.55. The normalized spacial score (nSPS) is 23.4. The van der Waals surface area contributed by atoms with E-state index in [9.17, 15) is 13.2 Å². The van der Waals surface area contributed by atoms with Gasteiger partial charge in [-0.25, -0.2) is 18.1 Å². The van der Waals surface area contributed by atoms with E-state index in [4.69, 9.17) is 5.11 Å². The van der Waals surface area contributed by atoms with Crippen molar-refractivity contribution in [3.05, 3.63) is 12.0 Å². The fourth-order valence-electron chi connectivity index (χ4n) is 3.53. The SMILES string of the molecule is CC(C)c1nc(S(=O)(=O)NC2CC(N(CC(=O)O)CC3CC3)C2)cn1C. The van der Waals surface area contributed by atoms with Crippen LogP contribution in [0.4, 0.5) is 0 Å². The zero-order valence-corrected chi connectivity index (χ0v) is 16.4. The lowest BCUT2D eigenvalue weighted by Gasteiger charge is -2.42. The molecule has 0 spiro atoms. The highest BCUT2D eigenvalue weighted by Gasteiger charge is 2.39. The maximum absolute atomic E-state index is 12.6. The molecular formula is C17H28N4O4S. The zero-order valence-electron chi connectivity index (χ0n) is 15.6. The van der Waals surface area contributed by atoms with Crippen molar-refractivity contribution >= 4 is 16.0 Å². The highest BCUT2D eigenvalue weighted by atomic mass is 32.2.